The number of amides is 1. The van der Waals surface area contributed by atoms with Crippen molar-refractivity contribution in [2.24, 2.45) is 0 Å². The second-order valence-corrected chi connectivity index (χ2v) is 7.38. The van der Waals surface area contributed by atoms with E-state index in [1.807, 2.05) is 0 Å². The number of benzene rings is 2. The van der Waals surface area contributed by atoms with E-state index in [-0.39, 0.29) is 46.5 Å². The molecular formula is C19H14Cl2N4O4. The Morgan fingerprint density at radius 1 is 1.17 bits per heavy atom. The van der Waals surface area contributed by atoms with Crippen LogP contribution in [0.15, 0.2) is 46.9 Å². The highest BCUT2D eigenvalue weighted by Gasteiger charge is 2.35. The Kier molecular flexibility index (Phi) is 5.21. The molecule has 1 fully saturated rings. The number of nitro groups is 1. The van der Waals surface area contributed by atoms with E-state index < -0.39 is 4.92 Å². The predicted octanol–water partition coefficient (Wildman–Crippen LogP) is 4.76. The van der Waals surface area contributed by atoms with Crippen LogP contribution in [0, 0.1) is 10.1 Å². The van der Waals surface area contributed by atoms with Gasteiger partial charge < -0.3 is 9.32 Å². The molecule has 1 saturated carbocycles. The first kappa shape index (κ1) is 19.4. The summed E-state index contributed by atoms with van der Waals surface area (Å²) < 4.78 is 5.70. The van der Waals surface area contributed by atoms with Crippen molar-refractivity contribution in [2.75, 3.05) is 0 Å². The lowest BCUT2D eigenvalue weighted by Gasteiger charge is -2.20. The SMILES string of the molecule is O=C(c1ccc(Cl)c([N+](=O)[O-])c1)N(Cc1nnc(-c2ccccc2Cl)o1)C1CC1. The maximum atomic E-state index is 13.0. The Labute approximate surface area is 175 Å². The average Bonchev–Trinajstić information content (AvgIpc) is 3.44. The molecule has 8 nitrogen and oxygen atoms in total. The number of hydrogen-bond acceptors (Lipinski definition) is 6. The Hall–Kier alpha value is -2.97. The molecule has 29 heavy (non-hydrogen) atoms. The fraction of sp³-hybridized carbons (Fsp3) is 0.211. The van der Waals surface area contributed by atoms with Gasteiger partial charge in [0.25, 0.3) is 11.6 Å². The standard InChI is InChI=1S/C19H14Cl2N4O4/c20-14-4-2-1-3-13(14)18-23-22-17(29-18)10-24(12-6-7-12)19(26)11-5-8-15(21)16(9-11)25(27)28/h1-5,8-9,12H,6-7,10H2. The van der Waals surface area contributed by atoms with Gasteiger partial charge in [0.05, 0.1) is 22.1 Å². The molecule has 0 aliphatic heterocycles. The molecule has 148 valence electrons. The highest BCUT2D eigenvalue weighted by molar-refractivity contribution is 6.33. The molecule has 2 aromatic carbocycles. The zero-order valence-corrected chi connectivity index (χ0v) is 16.4. The van der Waals surface area contributed by atoms with Crippen LogP contribution in [0.25, 0.3) is 11.5 Å². The minimum atomic E-state index is -0.617. The molecular weight excluding hydrogens is 419 g/mol. The summed E-state index contributed by atoms with van der Waals surface area (Å²) >= 11 is 12.0. The van der Waals surface area contributed by atoms with Crippen LogP contribution >= 0.6 is 23.2 Å². The van der Waals surface area contributed by atoms with Gasteiger partial charge in [0, 0.05) is 17.7 Å². The number of nitro benzene ring substituents is 1. The lowest BCUT2D eigenvalue weighted by molar-refractivity contribution is -0.384. The topological polar surface area (TPSA) is 102 Å². The van der Waals surface area contributed by atoms with Crippen LogP contribution in [0.3, 0.4) is 0 Å². The Morgan fingerprint density at radius 3 is 2.62 bits per heavy atom. The summed E-state index contributed by atoms with van der Waals surface area (Å²) in [6, 6.07) is 11.1. The van der Waals surface area contributed by atoms with Gasteiger partial charge in [0.15, 0.2) is 0 Å². The summed E-state index contributed by atoms with van der Waals surface area (Å²) in [4.78, 5) is 25.1. The van der Waals surface area contributed by atoms with Crippen LogP contribution in [-0.2, 0) is 6.54 Å². The smallest absolute Gasteiger partial charge is 0.288 e. The summed E-state index contributed by atoms with van der Waals surface area (Å²) in [6.07, 6.45) is 1.68. The van der Waals surface area contributed by atoms with E-state index in [0.29, 0.717) is 10.6 Å². The molecule has 0 unspecified atom stereocenters. The molecule has 0 bridgehead atoms. The van der Waals surface area contributed by atoms with E-state index in [1.165, 1.54) is 18.2 Å². The maximum absolute atomic E-state index is 13.0. The summed E-state index contributed by atoms with van der Waals surface area (Å²) in [5.74, 6) is 0.157. The zero-order valence-electron chi connectivity index (χ0n) is 14.9. The van der Waals surface area contributed by atoms with Crippen LogP contribution in [-0.4, -0.2) is 32.0 Å². The first-order chi connectivity index (χ1) is 13.9. The largest absolute Gasteiger partial charge is 0.419 e. The second kappa shape index (κ2) is 7.81. The first-order valence-corrected chi connectivity index (χ1v) is 9.52. The summed E-state index contributed by atoms with van der Waals surface area (Å²) in [7, 11) is 0. The van der Waals surface area contributed by atoms with Crippen molar-refractivity contribution in [3.63, 3.8) is 0 Å². The van der Waals surface area contributed by atoms with E-state index in [0.717, 1.165) is 12.8 Å². The lowest BCUT2D eigenvalue weighted by Crippen LogP contribution is -2.32. The van der Waals surface area contributed by atoms with E-state index >= 15 is 0 Å². The van der Waals surface area contributed by atoms with Gasteiger partial charge in [0.1, 0.15) is 5.02 Å². The fourth-order valence-corrected chi connectivity index (χ4v) is 3.31. The number of aromatic nitrogens is 2. The molecule has 1 aliphatic rings. The molecule has 0 atom stereocenters. The number of hydrogen-bond donors (Lipinski definition) is 0. The van der Waals surface area contributed by atoms with Crippen molar-refractivity contribution in [1.29, 1.82) is 0 Å². The van der Waals surface area contributed by atoms with Gasteiger partial charge in [-0.15, -0.1) is 10.2 Å². The van der Waals surface area contributed by atoms with E-state index in [4.69, 9.17) is 27.6 Å². The molecule has 1 aliphatic carbocycles. The summed E-state index contributed by atoms with van der Waals surface area (Å²) in [5.41, 5.74) is 0.469. The van der Waals surface area contributed by atoms with Crippen LogP contribution in [0.1, 0.15) is 29.1 Å². The van der Waals surface area contributed by atoms with Crippen molar-refractivity contribution >= 4 is 34.8 Å². The van der Waals surface area contributed by atoms with Gasteiger partial charge in [-0.2, -0.15) is 0 Å². The Bertz CT molecular complexity index is 1100. The number of rotatable bonds is 6. The third-order valence-electron chi connectivity index (χ3n) is 4.52. The van der Waals surface area contributed by atoms with Crippen LogP contribution in [0.4, 0.5) is 5.69 Å². The average molecular weight is 433 g/mol. The van der Waals surface area contributed by atoms with E-state index in [1.54, 1.807) is 29.2 Å². The first-order valence-electron chi connectivity index (χ1n) is 8.76. The number of carbonyl (C=O) groups is 1. The molecule has 1 amide bonds. The zero-order chi connectivity index (χ0) is 20.5. The van der Waals surface area contributed by atoms with Gasteiger partial charge in [-0.25, -0.2) is 0 Å². The molecule has 0 N–H and O–H groups in total. The minimum Gasteiger partial charge on any atom is -0.419 e. The molecule has 3 aromatic rings. The number of nitrogens with zero attached hydrogens (tertiary/aromatic N) is 4. The molecule has 1 heterocycles. The molecule has 10 heteroatoms. The summed E-state index contributed by atoms with van der Waals surface area (Å²) in [6.45, 7) is 0.0946. The van der Waals surface area contributed by atoms with Gasteiger partial charge in [-0.05, 0) is 37.1 Å². The predicted molar refractivity (Wildman–Crippen MR) is 106 cm³/mol. The molecule has 0 radical (unpaired) electrons. The highest BCUT2D eigenvalue weighted by atomic mass is 35.5. The summed E-state index contributed by atoms with van der Waals surface area (Å²) in [5, 5.41) is 19.6. The van der Waals surface area contributed by atoms with E-state index in [2.05, 4.69) is 10.2 Å². The molecule has 4 rings (SSSR count). The van der Waals surface area contributed by atoms with E-state index in [9.17, 15) is 14.9 Å². The number of halogens is 2. The minimum absolute atomic E-state index is 0.0212. The van der Waals surface area contributed by atoms with Crippen LogP contribution in [0.2, 0.25) is 10.0 Å². The lowest BCUT2D eigenvalue weighted by atomic mass is 10.1. The van der Waals surface area contributed by atoms with Crippen LogP contribution in [0.5, 0.6) is 0 Å². The Morgan fingerprint density at radius 2 is 1.93 bits per heavy atom. The molecule has 1 aromatic heterocycles. The van der Waals surface area contributed by atoms with Crippen molar-refractivity contribution in [3.8, 4) is 11.5 Å². The normalized spacial score (nSPS) is 13.3. The second-order valence-electron chi connectivity index (χ2n) is 6.57. The quantitative estimate of drug-likeness (QED) is 0.410. The van der Waals surface area contributed by atoms with Gasteiger partial charge in [0.2, 0.25) is 11.8 Å². The van der Waals surface area contributed by atoms with Crippen LogP contribution < -0.4 is 0 Å². The molecule has 0 spiro atoms. The fourth-order valence-electron chi connectivity index (χ4n) is 2.91. The third kappa shape index (κ3) is 4.08. The monoisotopic (exact) mass is 432 g/mol. The van der Waals surface area contributed by atoms with Crippen molar-refractivity contribution in [2.45, 2.75) is 25.4 Å². The van der Waals surface area contributed by atoms with Crippen molar-refractivity contribution < 1.29 is 14.1 Å². The van der Waals surface area contributed by atoms with Crippen molar-refractivity contribution in [3.05, 3.63) is 74.1 Å². The van der Waals surface area contributed by atoms with Gasteiger partial charge in [-0.3, -0.25) is 14.9 Å². The van der Waals surface area contributed by atoms with Gasteiger partial charge >= 0.3 is 0 Å². The molecule has 0 saturated heterocycles. The maximum Gasteiger partial charge on any atom is 0.288 e. The number of carbonyl (C=O) groups excluding carboxylic acids is 1. The van der Waals surface area contributed by atoms with Crippen molar-refractivity contribution in [1.82, 2.24) is 15.1 Å². The highest BCUT2D eigenvalue weighted by Crippen LogP contribution is 2.32. The third-order valence-corrected chi connectivity index (χ3v) is 5.16. The van der Waals surface area contributed by atoms with Gasteiger partial charge in [-0.1, -0.05) is 35.3 Å². The Balaban J connectivity index is 1.58.